The van der Waals surface area contributed by atoms with Gasteiger partial charge in [-0.1, -0.05) is 0 Å². The first-order valence-electron chi connectivity index (χ1n) is 4.04. The first kappa shape index (κ1) is 9.92. The van der Waals surface area contributed by atoms with Gasteiger partial charge in [-0.25, -0.2) is 0 Å². The summed E-state index contributed by atoms with van der Waals surface area (Å²) in [6, 6.07) is 0. The van der Waals surface area contributed by atoms with Crippen LogP contribution in [0.4, 0.5) is 0 Å². The molecule has 0 aromatic rings. The van der Waals surface area contributed by atoms with Crippen molar-refractivity contribution in [3.63, 3.8) is 0 Å². The highest BCUT2D eigenvalue weighted by atomic mass is 16.8. The summed E-state index contributed by atoms with van der Waals surface area (Å²) >= 11 is 0. The molecule has 0 radical (unpaired) electrons. The van der Waals surface area contributed by atoms with Crippen LogP contribution in [0.1, 0.15) is 12.8 Å². The van der Waals surface area contributed by atoms with Crippen LogP contribution in [0.2, 0.25) is 0 Å². The van der Waals surface area contributed by atoms with Gasteiger partial charge >= 0.3 is 0 Å². The minimum Gasteiger partial charge on any atom is -0.351 e. The Labute approximate surface area is 72.7 Å². The summed E-state index contributed by atoms with van der Waals surface area (Å²) in [5.74, 6) is -0.715. The van der Waals surface area contributed by atoms with E-state index in [4.69, 9.17) is 18.9 Å². The van der Waals surface area contributed by atoms with Crippen LogP contribution in [0, 0.1) is 0 Å². The van der Waals surface area contributed by atoms with Gasteiger partial charge in [0.25, 0.3) is 0 Å². The Balaban J connectivity index is 2.66. The van der Waals surface area contributed by atoms with Crippen molar-refractivity contribution in [2.75, 3.05) is 27.9 Å². The van der Waals surface area contributed by atoms with Crippen molar-refractivity contribution < 1.29 is 18.9 Å². The zero-order chi connectivity index (χ0) is 9.03. The quantitative estimate of drug-likeness (QED) is 0.595. The maximum absolute atomic E-state index is 5.35. The lowest BCUT2D eigenvalue weighted by Crippen LogP contribution is -2.51. The van der Waals surface area contributed by atoms with Crippen LogP contribution in [0.25, 0.3) is 0 Å². The fourth-order valence-corrected chi connectivity index (χ4v) is 1.48. The van der Waals surface area contributed by atoms with Crippen LogP contribution in [-0.2, 0) is 18.9 Å². The molecule has 0 saturated carbocycles. The third kappa shape index (κ3) is 1.61. The van der Waals surface area contributed by atoms with Crippen molar-refractivity contribution in [1.29, 1.82) is 0 Å². The van der Waals surface area contributed by atoms with Crippen molar-refractivity contribution in [2.45, 2.75) is 24.9 Å². The van der Waals surface area contributed by atoms with E-state index >= 15 is 0 Å². The van der Waals surface area contributed by atoms with Crippen LogP contribution in [0.15, 0.2) is 0 Å². The van der Waals surface area contributed by atoms with Gasteiger partial charge < -0.3 is 18.9 Å². The van der Waals surface area contributed by atoms with E-state index in [9.17, 15) is 0 Å². The molecule has 0 N–H and O–H groups in total. The lowest BCUT2D eigenvalue weighted by atomic mass is 10.1. The lowest BCUT2D eigenvalue weighted by Gasteiger charge is -2.39. The smallest absolute Gasteiger partial charge is 0.220 e. The third-order valence-electron chi connectivity index (χ3n) is 2.20. The highest BCUT2D eigenvalue weighted by Gasteiger charge is 2.43. The molecule has 1 unspecified atom stereocenters. The van der Waals surface area contributed by atoms with E-state index in [1.807, 2.05) is 0 Å². The normalized spacial score (nSPS) is 28.8. The Morgan fingerprint density at radius 3 is 2.33 bits per heavy atom. The highest BCUT2D eigenvalue weighted by Crippen LogP contribution is 2.29. The Morgan fingerprint density at radius 1 is 1.25 bits per heavy atom. The summed E-state index contributed by atoms with van der Waals surface area (Å²) in [5, 5.41) is 0. The topological polar surface area (TPSA) is 36.9 Å². The number of rotatable bonds is 3. The monoisotopic (exact) mass is 176 g/mol. The maximum Gasteiger partial charge on any atom is 0.220 e. The molecule has 1 heterocycles. The predicted octanol–water partition coefficient (Wildman–Crippen LogP) is 0.758. The maximum atomic E-state index is 5.35. The molecule has 12 heavy (non-hydrogen) atoms. The van der Waals surface area contributed by atoms with Gasteiger partial charge in [0.2, 0.25) is 12.1 Å². The van der Waals surface area contributed by atoms with E-state index in [0.717, 1.165) is 12.8 Å². The van der Waals surface area contributed by atoms with E-state index in [0.29, 0.717) is 6.61 Å². The standard InChI is InChI=1S/C8H16O4/c1-9-7-8(10-2,11-3)5-4-6-12-7/h7H,4-6H2,1-3H3. The van der Waals surface area contributed by atoms with Crippen LogP contribution in [0.5, 0.6) is 0 Å². The molecule has 0 aromatic heterocycles. The summed E-state index contributed by atoms with van der Waals surface area (Å²) in [7, 11) is 4.79. The van der Waals surface area contributed by atoms with Gasteiger partial charge in [-0.2, -0.15) is 0 Å². The fraction of sp³-hybridized carbons (Fsp3) is 1.00. The number of hydrogen-bond acceptors (Lipinski definition) is 4. The molecule has 1 saturated heterocycles. The Bertz CT molecular complexity index is 133. The van der Waals surface area contributed by atoms with E-state index in [1.54, 1.807) is 21.3 Å². The first-order valence-corrected chi connectivity index (χ1v) is 4.04. The Hall–Kier alpha value is -0.160. The molecule has 0 spiro atoms. The van der Waals surface area contributed by atoms with Gasteiger partial charge in [-0.15, -0.1) is 0 Å². The summed E-state index contributed by atoms with van der Waals surface area (Å²) in [6.07, 6.45) is 1.32. The van der Waals surface area contributed by atoms with E-state index < -0.39 is 12.1 Å². The number of ether oxygens (including phenoxy) is 4. The molecule has 0 aromatic carbocycles. The zero-order valence-electron chi connectivity index (χ0n) is 7.83. The number of methoxy groups -OCH3 is 3. The second kappa shape index (κ2) is 4.18. The summed E-state index contributed by atoms with van der Waals surface area (Å²) in [6.45, 7) is 0.701. The molecule has 1 atom stereocenters. The van der Waals surface area contributed by atoms with Gasteiger partial charge in [0, 0.05) is 27.8 Å². The fourth-order valence-electron chi connectivity index (χ4n) is 1.48. The summed E-state index contributed by atoms with van der Waals surface area (Å²) in [4.78, 5) is 0. The second-order valence-electron chi connectivity index (χ2n) is 2.76. The van der Waals surface area contributed by atoms with Crippen LogP contribution < -0.4 is 0 Å². The van der Waals surface area contributed by atoms with Crippen LogP contribution >= 0.6 is 0 Å². The molecular formula is C8H16O4. The first-order chi connectivity index (χ1) is 5.79. The van der Waals surface area contributed by atoms with Gasteiger partial charge in [-0.3, -0.25) is 0 Å². The largest absolute Gasteiger partial charge is 0.351 e. The highest BCUT2D eigenvalue weighted by molar-refractivity contribution is 4.77. The molecule has 1 rings (SSSR count). The van der Waals surface area contributed by atoms with Crippen molar-refractivity contribution in [1.82, 2.24) is 0 Å². The molecule has 72 valence electrons. The molecule has 1 fully saturated rings. The molecule has 0 bridgehead atoms. The predicted molar refractivity (Wildman–Crippen MR) is 42.7 cm³/mol. The molecule has 4 nitrogen and oxygen atoms in total. The molecule has 0 amide bonds. The molecule has 1 aliphatic rings. The van der Waals surface area contributed by atoms with Gasteiger partial charge in [-0.05, 0) is 6.42 Å². The third-order valence-corrected chi connectivity index (χ3v) is 2.20. The van der Waals surface area contributed by atoms with Gasteiger partial charge in [0.15, 0.2) is 0 Å². The van der Waals surface area contributed by atoms with E-state index in [-0.39, 0.29) is 0 Å². The van der Waals surface area contributed by atoms with Crippen molar-refractivity contribution >= 4 is 0 Å². The number of hydrogen-bond donors (Lipinski definition) is 0. The molecular weight excluding hydrogens is 160 g/mol. The average Bonchev–Trinajstić information content (AvgIpc) is 2.17. The minimum atomic E-state index is -0.715. The summed E-state index contributed by atoms with van der Waals surface area (Å²) < 4.78 is 21.0. The molecule has 0 aliphatic carbocycles. The SMILES string of the molecule is COC1OCCCC1(OC)OC. The van der Waals surface area contributed by atoms with Crippen LogP contribution in [0.3, 0.4) is 0 Å². The molecule has 4 heteroatoms. The van der Waals surface area contributed by atoms with Gasteiger partial charge in [0.05, 0.1) is 6.61 Å². The van der Waals surface area contributed by atoms with Crippen molar-refractivity contribution in [3.05, 3.63) is 0 Å². The average molecular weight is 176 g/mol. The van der Waals surface area contributed by atoms with Crippen LogP contribution in [-0.4, -0.2) is 40.0 Å². The Kier molecular flexibility index (Phi) is 3.46. The lowest BCUT2D eigenvalue weighted by molar-refractivity contribution is -0.351. The van der Waals surface area contributed by atoms with E-state index in [2.05, 4.69) is 0 Å². The minimum absolute atomic E-state index is 0.416. The van der Waals surface area contributed by atoms with Gasteiger partial charge in [0.1, 0.15) is 0 Å². The second-order valence-corrected chi connectivity index (χ2v) is 2.76. The molecule has 1 aliphatic heterocycles. The zero-order valence-corrected chi connectivity index (χ0v) is 7.83. The summed E-state index contributed by atoms with van der Waals surface area (Å²) in [5.41, 5.74) is 0. The van der Waals surface area contributed by atoms with E-state index in [1.165, 1.54) is 0 Å². The Morgan fingerprint density at radius 2 is 1.92 bits per heavy atom. The van der Waals surface area contributed by atoms with Crippen molar-refractivity contribution in [2.24, 2.45) is 0 Å². The van der Waals surface area contributed by atoms with Crippen molar-refractivity contribution in [3.8, 4) is 0 Å².